The molecule has 0 N–H and O–H groups in total. The van der Waals surface area contributed by atoms with Crippen molar-refractivity contribution < 1.29 is 4.74 Å². The lowest BCUT2D eigenvalue weighted by molar-refractivity contribution is 0.122. The van der Waals surface area contributed by atoms with E-state index in [0.717, 1.165) is 32.0 Å². The van der Waals surface area contributed by atoms with E-state index in [0.29, 0.717) is 0 Å². The number of morpholine rings is 1. The molecule has 0 aromatic carbocycles. The maximum Gasteiger partial charge on any atom is 0.0642 e. The second-order valence-electron chi connectivity index (χ2n) is 3.21. The lowest BCUT2D eigenvalue weighted by Crippen LogP contribution is -2.36. The highest BCUT2D eigenvalue weighted by Crippen LogP contribution is 2.17. The van der Waals surface area contributed by atoms with Crippen molar-refractivity contribution in [2.24, 2.45) is 0 Å². The van der Waals surface area contributed by atoms with E-state index in [1.165, 1.54) is 5.69 Å². The number of nitrogens with zero attached hydrogens (tertiary/aromatic N) is 2. The largest absolute Gasteiger partial charge is 0.378 e. The van der Waals surface area contributed by atoms with Gasteiger partial charge in [0.1, 0.15) is 0 Å². The third-order valence-corrected chi connectivity index (χ3v) is 2.33. The molecule has 1 aliphatic rings. The molecule has 0 atom stereocenters. The summed E-state index contributed by atoms with van der Waals surface area (Å²) < 4.78 is 5.30. The molecule has 1 saturated heterocycles. The fraction of sp³-hybridized carbons (Fsp3) is 0.500. The van der Waals surface area contributed by atoms with E-state index in [2.05, 4.69) is 16.0 Å². The van der Waals surface area contributed by atoms with Crippen LogP contribution in [0.1, 0.15) is 5.69 Å². The number of hydrogen-bond acceptors (Lipinski definition) is 3. The van der Waals surface area contributed by atoms with E-state index in [4.69, 9.17) is 4.74 Å². The van der Waals surface area contributed by atoms with Crippen LogP contribution >= 0.6 is 0 Å². The van der Waals surface area contributed by atoms with Gasteiger partial charge >= 0.3 is 0 Å². The highest BCUT2D eigenvalue weighted by molar-refractivity contribution is 5.49. The van der Waals surface area contributed by atoms with Crippen LogP contribution in [0.25, 0.3) is 0 Å². The summed E-state index contributed by atoms with van der Waals surface area (Å²) in [6.07, 6.45) is 1.83. The van der Waals surface area contributed by atoms with Gasteiger partial charge in [0.25, 0.3) is 0 Å². The molecule has 1 aromatic heterocycles. The average Bonchev–Trinajstić information content (AvgIpc) is 2.20. The van der Waals surface area contributed by atoms with Gasteiger partial charge in [-0.1, -0.05) is 0 Å². The van der Waals surface area contributed by atoms with Crippen molar-refractivity contribution in [3.63, 3.8) is 0 Å². The van der Waals surface area contributed by atoms with Gasteiger partial charge in [0, 0.05) is 19.3 Å². The highest BCUT2D eigenvalue weighted by Gasteiger charge is 2.12. The molecular formula is C10H14N2O. The van der Waals surface area contributed by atoms with Crippen LogP contribution in [0, 0.1) is 6.92 Å². The molecule has 0 radical (unpaired) electrons. The smallest absolute Gasteiger partial charge is 0.0642 e. The van der Waals surface area contributed by atoms with Crippen LogP contribution < -0.4 is 4.90 Å². The van der Waals surface area contributed by atoms with Crippen molar-refractivity contribution in [3.05, 3.63) is 24.0 Å². The topological polar surface area (TPSA) is 25.4 Å². The molecule has 0 saturated carbocycles. The first-order valence-corrected chi connectivity index (χ1v) is 4.62. The fourth-order valence-corrected chi connectivity index (χ4v) is 1.61. The first-order chi connectivity index (χ1) is 6.38. The molecule has 3 heteroatoms. The van der Waals surface area contributed by atoms with Crippen molar-refractivity contribution in [1.29, 1.82) is 0 Å². The Morgan fingerprint density at radius 2 is 2.15 bits per heavy atom. The van der Waals surface area contributed by atoms with Crippen LogP contribution in [0.5, 0.6) is 0 Å². The summed E-state index contributed by atoms with van der Waals surface area (Å²) in [5.74, 6) is 0. The summed E-state index contributed by atoms with van der Waals surface area (Å²) in [5, 5.41) is 0. The Kier molecular flexibility index (Phi) is 2.45. The standard InChI is InChI=1S/C10H14N2O/c1-9-10(3-2-4-11-9)12-5-7-13-8-6-12/h2-4H,5-8H2,1H3. The monoisotopic (exact) mass is 178 g/mol. The summed E-state index contributed by atoms with van der Waals surface area (Å²) in [4.78, 5) is 6.60. The Labute approximate surface area is 78.3 Å². The molecule has 13 heavy (non-hydrogen) atoms. The molecule has 0 spiro atoms. The maximum atomic E-state index is 5.30. The average molecular weight is 178 g/mol. The van der Waals surface area contributed by atoms with Gasteiger partial charge in [0.2, 0.25) is 0 Å². The summed E-state index contributed by atoms with van der Waals surface area (Å²) in [6, 6.07) is 4.10. The second-order valence-corrected chi connectivity index (χ2v) is 3.21. The number of aromatic nitrogens is 1. The minimum absolute atomic E-state index is 0.828. The van der Waals surface area contributed by atoms with Crippen LogP contribution in [0.3, 0.4) is 0 Å². The van der Waals surface area contributed by atoms with Crippen molar-refractivity contribution in [2.45, 2.75) is 6.92 Å². The molecule has 2 heterocycles. The third-order valence-electron chi connectivity index (χ3n) is 2.33. The van der Waals surface area contributed by atoms with Gasteiger partial charge in [-0.2, -0.15) is 0 Å². The Morgan fingerprint density at radius 1 is 1.38 bits per heavy atom. The van der Waals surface area contributed by atoms with E-state index in [1.807, 2.05) is 19.2 Å². The number of pyridine rings is 1. The molecule has 0 amide bonds. The van der Waals surface area contributed by atoms with Gasteiger partial charge in [0.05, 0.1) is 24.6 Å². The lowest BCUT2D eigenvalue weighted by atomic mass is 10.2. The lowest BCUT2D eigenvalue weighted by Gasteiger charge is -2.29. The molecule has 2 rings (SSSR count). The first-order valence-electron chi connectivity index (χ1n) is 4.62. The molecule has 3 nitrogen and oxygen atoms in total. The molecule has 0 unspecified atom stereocenters. The summed E-state index contributed by atoms with van der Waals surface area (Å²) in [6.45, 7) is 5.66. The van der Waals surface area contributed by atoms with Gasteiger partial charge in [-0.15, -0.1) is 0 Å². The van der Waals surface area contributed by atoms with Crippen LogP contribution in [-0.4, -0.2) is 31.3 Å². The molecule has 70 valence electrons. The predicted molar refractivity (Wildman–Crippen MR) is 52.0 cm³/mol. The van der Waals surface area contributed by atoms with E-state index < -0.39 is 0 Å². The van der Waals surface area contributed by atoms with Gasteiger partial charge in [-0.25, -0.2) is 0 Å². The third kappa shape index (κ3) is 1.80. The Bertz CT molecular complexity index is 282. The summed E-state index contributed by atoms with van der Waals surface area (Å²) >= 11 is 0. The SMILES string of the molecule is Cc1ncccc1N1CCOCC1. The number of hydrogen-bond donors (Lipinski definition) is 0. The van der Waals surface area contributed by atoms with E-state index >= 15 is 0 Å². The second kappa shape index (κ2) is 3.75. The van der Waals surface area contributed by atoms with E-state index in [1.54, 1.807) is 0 Å². The Hall–Kier alpha value is -1.09. The van der Waals surface area contributed by atoms with Crippen LogP contribution in [-0.2, 0) is 4.74 Å². The number of rotatable bonds is 1. The van der Waals surface area contributed by atoms with Crippen molar-refractivity contribution >= 4 is 5.69 Å². The molecule has 1 aliphatic heterocycles. The number of ether oxygens (including phenoxy) is 1. The maximum absolute atomic E-state index is 5.30. The van der Waals surface area contributed by atoms with Crippen molar-refractivity contribution in [1.82, 2.24) is 4.98 Å². The highest BCUT2D eigenvalue weighted by atomic mass is 16.5. The van der Waals surface area contributed by atoms with Gasteiger partial charge < -0.3 is 9.64 Å². The van der Waals surface area contributed by atoms with Crippen LogP contribution in [0.15, 0.2) is 18.3 Å². The Balaban J connectivity index is 2.18. The fourth-order valence-electron chi connectivity index (χ4n) is 1.61. The minimum atomic E-state index is 0.828. The van der Waals surface area contributed by atoms with Crippen LogP contribution in [0.4, 0.5) is 5.69 Å². The van der Waals surface area contributed by atoms with Gasteiger partial charge in [-0.05, 0) is 19.1 Å². The molecule has 0 aliphatic carbocycles. The molecule has 0 bridgehead atoms. The quantitative estimate of drug-likeness (QED) is 0.646. The Morgan fingerprint density at radius 3 is 2.85 bits per heavy atom. The van der Waals surface area contributed by atoms with E-state index in [-0.39, 0.29) is 0 Å². The van der Waals surface area contributed by atoms with E-state index in [9.17, 15) is 0 Å². The minimum Gasteiger partial charge on any atom is -0.378 e. The van der Waals surface area contributed by atoms with Gasteiger partial charge in [0.15, 0.2) is 0 Å². The zero-order valence-corrected chi connectivity index (χ0v) is 7.86. The van der Waals surface area contributed by atoms with Crippen molar-refractivity contribution in [2.75, 3.05) is 31.2 Å². The molecular weight excluding hydrogens is 164 g/mol. The molecule has 1 fully saturated rings. The summed E-state index contributed by atoms with van der Waals surface area (Å²) in [7, 11) is 0. The normalized spacial score (nSPS) is 17.5. The molecule has 1 aromatic rings. The summed E-state index contributed by atoms with van der Waals surface area (Å²) in [5.41, 5.74) is 2.34. The zero-order chi connectivity index (χ0) is 9.10. The van der Waals surface area contributed by atoms with Crippen molar-refractivity contribution in [3.8, 4) is 0 Å². The van der Waals surface area contributed by atoms with Crippen LogP contribution in [0.2, 0.25) is 0 Å². The predicted octanol–water partition coefficient (Wildman–Crippen LogP) is 1.23. The first kappa shape index (κ1) is 8.51. The number of aryl methyl sites for hydroxylation is 1. The number of anilines is 1. The van der Waals surface area contributed by atoms with Gasteiger partial charge in [-0.3, -0.25) is 4.98 Å². The zero-order valence-electron chi connectivity index (χ0n) is 7.86.